The highest BCUT2D eigenvalue weighted by atomic mass is 19.4. The van der Waals surface area contributed by atoms with Gasteiger partial charge in [-0.1, -0.05) is 0 Å². The molecule has 0 bridgehead atoms. The van der Waals surface area contributed by atoms with Crippen molar-refractivity contribution in [2.75, 3.05) is 38.8 Å². The molecule has 1 aliphatic heterocycles. The number of nitrogens with zero attached hydrogens (tertiary/aromatic N) is 3. The molecule has 1 saturated heterocycles. The van der Waals surface area contributed by atoms with Gasteiger partial charge in [0, 0.05) is 51.2 Å². The smallest absolute Gasteiger partial charge is 0.451 e. The summed E-state index contributed by atoms with van der Waals surface area (Å²) in [5.41, 5.74) is 0.728. The Hall–Kier alpha value is -3.12. The zero-order chi connectivity index (χ0) is 24.9. The highest BCUT2D eigenvalue weighted by Crippen LogP contribution is 2.34. The van der Waals surface area contributed by atoms with Gasteiger partial charge in [0.1, 0.15) is 18.1 Å². The third-order valence-electron chi connectivity index (χ3n) is 4.91. The van der Waals surface area contributed by atoms with Crippen LogP contribution in [-0.4, -0.2) is 68.0 Å². The Morgan fingerprint density at radius 3 is 2.38 bits per heavy atom. The van der Waals surface area contributed by atoms with Crippen LogP contribution in [0.4, 0.5) is 18.9 Å². The lowest BCUT2D eigenvalue weighted by Crippen LogP contribution is -2.44. The van der Waals surface area contributed by atoms with Gasteiger partial charge in [-0.15, -0.1) is 0 Å². The van der Waals surface area contributed by atoms with E-state index in [1.54, 1.807) is 19.2 Å². The maximum atomic E-state index is 12.7. The summed E-state index contributed by atoms with van der Waals surface area (Å²) in [5, 5.41) is 2.90. The summed E-state index contributed by atoms with van der Waals surface area (Å²) in [7, 11) is 3.01. The predicted molar refractivity (Wildman–Crippen MR) is 116 cm³/mol. The summed E-state index contributed by atoms with van der Waals surface area (Å²) in [5.74, 6) is -0.615. The minimum absolute atomic E-state index is 0.0431. The van der Waals surface area contributed by atoms with Crippen molar-refractivity contribution in [2.45, 2.75) is 38.3 Å². The van der Waals surface area contributed by atoms with Crippen molar-refractivity contribution < 1.29 is 36.9 Å². The van der Waals surface area contributed by atoms with E-state index in [-0.39, 0.29) is 36.5 Å². The topological polar surface area (TPSA) is 95.0 Å². The monoisotopic (exact) mass is 484 g/mol. The molecule has 3 rings (SSSR count). The first-order chi connectivity index (χ1) is 16.1. The number of carbonyl (C=O) groups is 1. The summed E-state index contributed by atoms with van der Waals surface area (Å²) in [4.78, 5) is 20.6. The van der Waals surface area contributed by atoms with Crippen LogP contribution < -0.4 is 19.7 Å². The van der Waals surface area contributed by atoms with Gasteiger partial charge >= 0.3 is 6.18 Å². The first-order valence-electron chi connectivity index (χ1n) is 10.5. The van der Waals surface area contributed by atoms with Crippen LogP contribution in [0.25, 0.3) is 0 Å². The van der Waals surface area contributed by atoms with E-state index in [0.717, 1.165) is 18.1 Å². The molecule has 186 valence electrons. The number of hydrogen-bond donors (Lipinski definition) is 1. The number of ether oxygens (including phenoxy) is 4. The lowest BCUT2D eigenvalue weighted by molar-refractivity contribution is -0.145. The highest BCUT2D eigenvalue weighted by molar-refractivity contribution is 5.77. The summed E-state index contributed by atoms with van der Waals surface area (Å²) in [6, 6.07) is 4.90. The maximum absolute atomic E-state index is 12.7. The number of carbonyl (C=O) groups excluding carboxylic acids is 1. The molecule has 1 aromatic heterocycles. The lowest BCUT2D eigenvalue weighted by Gasteiger charge is -2.21. The number of anilines is 1. The standard InChI is InChI=1S/C22H27F3N4O5/c1-13(2)33-15-5-14(29-10-18(19(11-29)32-4)28-20(30)12-31-3)6-16(7-15)34-17-8-26-21(27-9-17)22(23,24)25/h5-9,13,18-19H,10-12H2,1-4H3,(H,28,30)/t18?,19-/m0/s1. The average Bonchev–Trinajstić information content (AvgIpc) is 3.16. The molecule has 1 N–H and O–H groups in total. The zero-order valence-corrected chi connectivity index (χ0v) is 19.3. The van der Waals surface area contributed by atoms with Crippen LogP contribution in [0, 0.1) is 0 Å². The minimum Gasteiger partial charge on any atom is -0.491 e. The van der Waals surface area contributed by atoms with Crippen molar-refractivity contribution in [3.05, 3.63) is 36.4 Å². The Bertz CT molecular complexity index is 972. The number of rotatable bonds is 9. The second-order valence-electron chi connectivity index (χ2n) is 7.96. The molecule has 2 heterocycles. The van der Waals surface area contributed by atoms with E-state index in [2.05, 4.69) is 15.3 Å². The molecule has 1 fully saturated rings. The quantitative estimate of drug-likeness (QED) is 0.581. The van der Waals surface area contributed by atoms with Gasteiger partial charge in [0.15, 0.2) is 5.75 Å². The van der Waals surface area contributed by atoms with E-state index < -0.39 is 12.0 Å². The van der Waals surface area contributed by atoms with Gasteiger partial charge in [0.25, 0.3) is 0 Å². The molecule has 2 atom stereocenters. The molecule has 1 aromatic carbocycles. The Morgan fingerprint density at radius 1 is 1.12 bits per heavy atom. The molecular weight excluding hydrogens is 457 g/mol. The van der Waals surface area contributed by atoms with E-state index in [4.69, 9.17) is 18.9 Å². The molecule has 0 spiro atoms. The number of amides is 1. The van der Waals surface area contributed by atoms with Crippen LogP contribution in [0.15, 0.2) is 30.6 Å². The predicted octanol–water partition coefficient (Wildman–Crippen LogP) is 3.04. The summed E-state index contributed by atoms with van der Waals surface area (Å²) < 4.78 is 60.2. The van der Waals surface area contributed by atoms with Crippen LogP contribution in [-0.2, 0) is 20.4 Å². The molecule has 0 aliphatic carbocycles. The molecule has 0 radical (unpaired) electrons. The Morgan fingerprint density at radius 2 is 1.79 bits per heavy atom. The molecule has 0 saturated carbocycles. The number of benzene rings is 1. The maximum Gasteiger partial charge on any atom is 0.451 e. The molecule has 2 aromatic rings. The summed E-state index contributed by atoms with van der Waals surface area (Å²) in [6.45, 7) is 4.63. The lowest BCUT2D eigenvalue weighted by atomic mass is 10.2. The van der Waals surface area contributed by atoms with Gasteiger partial charge in [-0.25, -0.2) is 9.97 Å². The SMILES string of the molecule is COCC(=O)NC1CN(c2cc(Oc3cnc(C(F)(F)F)nc3)cc(OC(C)C)c2)C[C@@H]1OC. The fourth-order valence-electron chi connectivity index (χ4n) is 3.53. The molecule has 12 heteroatoms. The third-order valence-corrected chi connectivity index (χ3v) is 4.91. The van der Waals surface area contributed by atoms with Crippen LogP contribution >= 0.6 is 0 Å². The minimum atomic E-state index is -4.64. The number of methoxy groups -OCH3 is 2. The Balaban J connectivity index is 1.83. The largest absolute Gasteiger partial charge is 0.491 e. The third kappa shape index (κ3) is 6.70. The fourth-order valence-corrected chi connectivity index (χ4v) is 3.53. The van der Waals surface area contributed by atoms with Gasteiger partial charge in [-0.2, -0.15) is 13.2 Å². The highest BCUT2D eigenvalue weighted by Gasteiger charge is 2.35. The molecule has 1 aliphatic rings. The average molecular weight is 484 g/mol. The first-order valence-corrected chi connectivity index (χ1v) is 10.5. The van der Waals surface area contributed by atoms with E-state index in [1.807, 2.05) is 24.8 Å². The van der Waals surface area contributed by atoms with Crippen molar-refractivity contribution in [3.8, 4) is 17.2 Å². The molecule has 1 unspecified atom stereocenters. The van der Waals surface area contributed by atoms with Gasteiger partial charge in [-0.05, 0) is 13.8 Å². The van der Waals surface area contributed by atoms with Gasteiger partial charge < -0.3 is 29.2 Å². The number of aromatic nitrogens is 2. The molecular formula is C22H27F3N4O5. The van der Waals surface area contributed by atoms with Crippen LogP contribution in [0.2, 0.25) is 0 Å². The van der Waals surface area contributed by atoms with E-state index in [0.29, 0.717) is 24.6 Å². The number of nitrogens with one attached hydrogen (secondary N) is 1. The van der Waals surface area contributed by atoms with Crippen LogP contribution in [0.5, 0.6) is 17.2 Å². The Kier molecular flexibility index (Phi) is 8.15. The second-order valence-corrected chi connectivity index (χ2v) is 7.96. The number of halogens is 3. The number of alkyl halides is 3. The Labute approximate surface area is 195 Å². The van der Waals surface area contributed by atoms with Crippen molar-refractivity contribution in [3.63, 3.8) is 0 Å². The first kappa shape index (κ1) is 25.5. The van der Waals surface area contributed by atoms with E-state index >= 15 is 0 Å². The van der Waals surface area contributed by atoms with E-state index in [9.17, 15) is 18.0 Å². The zero-order valence-electron chi connectivity index (χ0n) is 19.3. The van der Waals surface area contributed by atoms with Gasteiger partial charge in [0.2, 0.25) is 11.7 Å². The van der Waals surface area contributed by atoms with Crippen molar-refractivity contribution in [1.82, 2.24) is 15.3 Å². The fraction of sp³-hybridized carbons (Fsp3) is 0.500. The van der Waals surface area contributed by atoms with Gasteiger partial charge in [-0.3, -0.25) is 4.79 Å². The molecule has 34 heavy (non-hydrogen) atoms. The van der Waals surface area contributed by atoms with Gasteiger partial charge in [0.05, 0.1) is 30.6 Å². The van der Waals surface area contributed by atoms with Crippen molar-refractivity contribution in [2.24, 2.45) is 0 Å². The van der Waals surface area contributed by atoms with Crippen molar-refractivity contribution >= 4 is 11.6 Å². The van der Waals surface area contributed by atoms with Crippen molar-refractivity contribution in [1.29, 1.82) is 0 Å². The second kappa shape index (κ2) is 10.9. The molecule has 1 amide bonds. The van der Waals surface area contributed by atoms with Crippen LogP contribution in [0.1, 0.15) is 19.7 Å². The van der Waals surface area contributed by atoms with Crippen LogP contribution in [0.3, 0.4) is 0 Å². The molecule has 9 nitrogen and oxygen atoms in total. The normalized spacial score (nSPS) is 18.3. The summed E-state index contributed by atoms with van der Waals surface area (Å²) in [6.07, 6.45) is -3.10. The van der Waals surface area contributed by atoms with E-state index in [1.165, 1.54) is 7.11 Å². The number of hydrogen-bond acceptors (Lipinski definition) is 8. The summed E-state index contributed by atoms with van der Waals surface area (Å²) >= 11 is 0.